The fourth-order valence-electron chi connectivity index (χ4n) is 2.75. The second-order valence-corrected chi connectivity index (χ2v) is 5.77. The highest BCUT2D eigenvalue weighted by Crippen LogP contribution is 2.14. The molecule has 1 saturated heterocycles. The first-order chi connectivity index (χ1) is 11.3. The monoisotopic (exact) mass is 314 g/mol. The molecule has 3 rings (SSSR count). The first-order valence-electron chi connectivity index (χ1n) is 7.95. The van der Waals surface area contributed by atoms with Crippen molar-refractivity contribution in [2.75, 3.05) is 26.7 Å². The van der Waals surface area contributed by atoms with Crippen molar-refractivity contribution in [1.82, 2.24) is 20.4 Å². The first kappa shape index (κ1) is 15.6. The molecule has 2 N–H and O–H groups in total. The Morgan fingerprint density at radius 2 is 2.22 bits per heavy atom. The molecule has 1 fully saturated rings. The molecule has 1 aromatic carbocycles. The standard InChI is InChI=1S/C17H22N4O2/c1-23-15-6-4-14(5-7-15)21-10-8-16(20-21)17(22)19-12-13-3-2-9-18-11-13/h4-8,10,13,18H,2-3,9,11-12H2,1H3,(H,19,22). The molecular weight excluding hydrogens is 292 g/mol. The van der Waals surface area contributed by atoms with Gasteiger partial charge in [-0.15, -0.1) is 0 Å². The van der Waals surface area contributed by atoms with Crippen LogP contribution in [0.25, 0.3) is 5.69 Å². The lowest BCUT2D eigenvalue weighted by Gasteiger charge is -2.22. The van der Waals surface area contributed by atoms with Gasteiger partial charge in [-0.25, -0.2) is 4.68 Å². The molecule has 0 saturated carbocycles. The van der Waals surface area contributed by atoms with Crippen LogP contribution in [0.15, 0.2) is 36.5 Å². The molecule has 0 radical (unpaired) electrons. The van der Waals surface area contributed by atoms with E-state index in [1.807, 2.05) is 24.3 Å². The van der Waals surface area contributed by atoms with E-state index < -0.39 is 0 Å². The van der Waals surface area contributed by atoms with Gasteiger partial charge in [-0.1, -0.05) is 0 Å². The number of amides is 1. The predicted molar refractivity (Wildman–Crippen MR) is 88.0 cm³/mol. The molecule has 2 aromatic rings. The summed E-state index contributed by atoms with van der Waals surface area (Å²) in [5.74, 6) is 1.18. The van der Waals surface area contributed by atoms with E-state index in [1.165, 1.54) is 6.42 Å². The minimum absolute atomic E-state index is 0.122. The van der Waals surface area contributed by atoms with Gasteiger partial charge in [0.25, 0.3) is 5.91 Å². The van der Waals surface area contributed by atoms with Gasteiger partial charge in [0.05, 0.1) is 12.8 Å². The average molecular weight is 314 g/mol. The minimum atomic E-state index is -0.122. The fraction of sp³-hybridized carbons (Fsp3) is 0.412. The molecule has 1 aliphatic rings. The van der Waals surface area contributed by atoms with Crippen LogP contribution in [-0.2, 0) is 0 Å². The summed E-state index contributed by atoms with van der Waals surface area (Å²) in [6, 6.07) is 9.28. The van der Waals surface area contributed by atoms with Crippen molar-refractivity contribution >= 4 is 5.91 Å². The van der Waals surface area contributed by atoms with Gasteiger partial charge in [0.1, 0.15) is 5.75 Å². The highest BCUT2D eigenvalue weighted by atomic mass is 16.5. The lowest BCUT2D eigenvalue weighted by molar-refractivity contribution is 0.0939. The molecule has 1 aliphatic heterocycles. The molecule has 0 bridgehead atoms. The van der Waals surface area contributed by atoms with Crippen molar-refractivity contribution in [3.8, 4) is 11.4 Å². The van der Waals surface area contributed by atoms with Gasteiger partial charge in [-0.05, 0) is 62.2 Å². The van der Waals surface area contributed by atoms with Gasteiger partial charge < -0.3 is 15.4 Å². The van der Waals surface area contributed by atoms with Crippen LogP contribution in [0.3, 0.4) is 0 Å². The molecule has 0 spiro atoms. The minimum Gasteiger partial charge on any atom is -0.497 e. The number of rotatable bonds is 5. The maximum absolute atomic E-state index is 12.2. The highest BCUT2D eigenvalue weighted by Gasteiger charge is 2.15. The van der Waals surface area contributed by atoms with Gasteiger partial charge in [-0.2, -0.15) is 5.10 Å². The number of nitrogens with zero attached hydrogens (tertiary/aromatic N) is 2. The first-order valence-corrected chi connectivity index (χ1v) is 7.95. The second kappa shape index (κ2) is 7.28. The van der Waals surface area contributed by atoms with Crippen LogP contribution in [0.2, 0.25) is 0 Å². The Labute approximate surface area is 135 Å². The lowest BCUT2D eigenvalue weighted by Crippen LogP contribution is -2.38. The largest absolute Gasteiger partial charge is 0.497 e. The van der Waals surface area contributed by atoms with E-state index in [1.54, 1.807) is 24.1 Å². The predicted octanol–water partition coefficient (Wildman–Crippen LogP) is 1.61. The highest BCUT2D eigenvalue weighted by molar-refractivity contribution is 5.92. The number of methoxy groups -OCH3 is 1. The van der Waals surface area contributed by atoms with E-state index in [2.05, 4.69) is 15.7 Å². The molecule has 1 amide bonds. The normalized spacial score (nSPS) is 17.7. The van der Waals surface area contributed by atoms with Crippen LogP contribution in [0.5, 0.6) is 5.75 Å². The molecular formula is C17H22N4O2. The molecule has 1 unspecified atom stereocenters. The van der Waals surface area contributed by atoms with Crippen LogP contribution in [-0.4, -0.2) is 42.4 Å². The third kappa shape index (κ3) is 3.90. The molecule has 6 heteroatoms. The number of carbonyl (C=O) groups is 1. The van der Waals surface area contributed by atoms with Crippen molar-refractivity contribution in [2.45, 2.75) is 12.8 Å². The molecule has 6 nitrogen and oxygen atoms in total. The Hall–Kier alpha value is -2.34. The number of aromatic nitrogens is 2. The van der Waals surface area contributed by atoms with Gasteiger partial charge >= 0.3 is 0 Å². The van der Waals surface area contributed by atoms with Gasteiger partial charge in [0.2, 0.25) is 0 Å². The smallest absolute Gasteiger partial charge is 0.271 e. The summed E-state index contributed by atoms with van der Waals surface area (Å²) >= 11 is 0. The number of ether oxygens (including phenoxy) is 1. The quantitative estimate of drug-likeness (QED) is 0.880. The van der Waals surface area contributed by atoms with Crippen LogP contribution in [0.4, 0.5) is 0 Å². The van der Waals surface area contributed by atoms with Crippen LogP contribution in [0.1, 0.15) is 23.3 Å². The topological polar surface area (TPSA) is 68.2 Å². The van der Waals surface area contributed by atoms with Crippen LogP contribution < -0.4 is 15.4 Å². The van der Waals surface area contributed by atoms with E-state index in [0.29, 0.717) is 18.2 Å². The van der Waals surface area contributed by atoms with Crippen molar-refractivity contribution in [3.63, 3.8) is 0 Å². The van der Waals surface area contributed by atoms with Gasteiger partial charge in [0, 0.05) is 12.7 Å². The summed E-state index contributed by atoms with van der Waals surface area (Å²) in [6.07, 6.45) is 4.12. The van der Waals surface area contributed by atoms with E-state index >= 15 is 0 Å². The molecule has 23 heavy (non-hydrogen) atoms. The zero-order valence-corrected chi connectivity index (χ0v) is 13.3. The summed E-state index contributed by atoms with van der Waals surface area (Å²) in [4.78, 5) is 12.2. The van der Waals surface area contributed by atoms with Crippen LogP contribution >= 0.6 is 0 Å². The third-order valence-corrected chi connectivity index (χ3v) is 4.11. The zero-order valence-electron chi connectivity index (χ0n) is 13.3. The average Bonchev–Trinajstić information content (AvgIpc) is 3.11. The Kier molecular flexibility index (Phi) is 4.92. The Morgan fingerprint density at radius 1 is 1.39 bits per heavy atom. The zero-order chi connectivity index (χ0) is 16.1. The molecule has 122 valence electrons. The number of piperidine rings is 1. The van der Waals surface area contributed by atoms with Crippen molar-refractivity contribution < 1.29 is 9.53 Å². The number of hydrogen-bond donors (Lipinski definition) is 2. The number of nitrogens with one attached hydrogen (secondary N) is 2. The Morgan fingerprint density at radius 3 is 2.91 bits per heavy atom. The van der Waals surface area contributed by atoms with Crippen LogP contribution in [0, 0.1) is 5.92 Å². The van der Waals surface area contributed by atoms with Crippen molar-refractivity contribution in [3.05, 3.63) is 42.2 Å². The van der Waals surface area contributed by atoms with Gasteiger partial charge in [-0.3, -0.25) is 4.79 Å². The maximum atomic E-state index is 12.2. The summed E-state index contributed by atoms with van der Waals surface area (Å²) in [5.41, 5.74) is 1.32. The Bertz CT molecular complexity index is 645. The summed E-state index contributed by atoms with van der Waals surface area (Å²) < 4.78 is 6.83. The van der Waals surface area contributed by atoms with E-state index in [9.17, 15) is 4.79 Å². The summed E-state index contributed by atoms with van der Waals surface area (Å²) in [6.45, 7) is 2.75. The second-order valence-electron chi connectivity index (χ2n) is 5.77. The number of hydrogen-bond acceptors (Lipinski definition) is 4. The maximum Gasteiger partial charge on any atom is 0.271 e. The lowest BCUT2D eigenvalue weighted by atomic mass is 10.00. The molecule has 1 atom stereocenters. The summed E-state index contributed by atoms with van der Waals surface area (Å²) in [5, 5.41) is 10.7. The summed E-state index contributed by atoms with van der Waals surface area (Å²) in [7, 11) is 1.63. The Balaban J connectivity index is 1.60. The number of carbonyl (C=O) groups excluding carboxylic acids is 1. The third-order valence-electron chi connectivity index (χ3n) is 4.11. The fourth-order valence-corrected chi connectivity index (χ4v) is 2.75. The molecule has 2 heterocycles. The van der Waals surface area contributed by atoms with Crippen molar-refractivity contribution in [2.24, 2.45) is 5.92 Å². The van der Waals surface area contributed by atoms with Gasteiger partial charge in [0.15, 0.2) is 5.69 Å². The van der Waals surface area contributed by atoms with E-state index in [-0.39, 0.29) is 5.91 Å². The van der Waals surface area contributed by atoms with E-state index in [4.69, 9.17) is 4.74 Å². The van der Waals surface area contributed by atoms with E-state index in [0.717, 1.165) is 30.9 Å². The number of benzene rings is 1. The SMILES string of the molecule is COc1ccc(-n2ccc(C(=O)NCC3CCCNC3)n2)cc1. The molecule has 0 aliphatic carbocycles. The van der Waals surface area contributed by atoms with Crippen molar-refractivity contribution in [1.29, 1.82) is 0 Å². The molecule has 1 aromatic heterocycles.